The molecule has 1 N–H and O–H groups in total. The fourth-order valence-corrected chi connectivity index (χ4v) is 2.88. The van der Waals surface area contributed by atoms with Crippen molar-refractivity contribution in [2.24, 2.45) is 5.41 Å². The standard InChI is InChI=1S/C8H15NS/c10-7-1-2-8(5-7)3-4-9-6-8/h7,9-10H,1-6H2. The summed E-state index contributed by atoms with van der Waals surface area (Å²) in [6, 6.07) is 0. The average Bonchev–Trinajstić information content (AvgIpc) is 2.46. The second-order valence-electron chi connectivity index (χ2n) is 3.82. The minimum absolute atomic E-state index is 0.673. The molecule has 2 heteroatoms. The van der Waals surface area contributed by atoms with Crippen molar-refractivity contribution in [3.63, 3.8) is 0 Å². The molecule has 1 spiro atoms. The van der Waals surface area contributed by atoms with E-state index >= 15 is 0 Å². The Morgan fingerprint density at radius 1 is 1.40 bits per heavy atom. The highest BCUT2D eigenvalue weighted by Crippen LogP contribution is 2.44. The summed E-state index contributed by atoms with van der Waals surface area (Å²) in [6.07, 6.45) is 5.49. The molecule has 1 nitrogen and oxygen atoms in total. The molecule has 0 aromatic rings. The third kappa shape index (κ3) is 1.08. The van der Waals surface area contributed by atoms with Crippen LogP contribution in [-0.2, 0) is 0 Å². The molecular weight excluding hydrogens is 142 g/mol. The minimum Gasteiger partial charge on any atom is -0.316 e. The number of thiol groups is 1. The molecule has 2 unspecified atom stereocenters. The van der Waals surface area contributed by atoms with Crippen LogP contribution in [0.15, 0.2) is 0 Å². The van der Waals surface area contributed by atoms with E-state index < -0.39 is 0 Å². The summed E-state index contributed by atoms with van der Waals surface area (Å²) >= 11 is 4.51. The van der Waals surface area contributed by atoms with Crippen molar-refractivity contribution >= 4 is 12.6 Å². The Bertz CT molecular complexity index is 129. The van der Waals surface area contributed by atoms with Gasteiger partial charge in [-0.25, -0.2) is 0 Å². The molecule has 10 heavy (non-hydrogen) atoms. The van der Waals surface area contributed by atoms with Crippen LogP contribution >= 0.6 is 12.6 Å². The van der Waals surface area contributed by atoms with Crippen molar-refractivity contribution in [2.45, 2.75) is 30.9 Å². The molecular formula is C8H15NS. The monoisotopic (exact) mass is 157 g/mol. The fraction of sp³-hybridized carbons (Fsp3) is 1.00. The highest BCUT2D eigenvalue weighted by Gasteiger charge is 2.39. The average molecular weight is 157 g/mol. The van der Waals surface area contributed by atoms with Crippen molar-refractivity contribution in [2.75, 3.05) is 13.1 Å². The Morgan fingerprint density at radius 2 is 2.30 bits per heavy atom. The Labute approximate surface area is 68.0 Å². The summed E-state index contributed by atoms with van der Waals surface area (Å²) in [5.74, 6) is 0. The molecule has 1 saturated carbocycles. The van der Waals surface area contributed by atoms with E-state index in [2.05, 4.69) is 17.9 Å². The molecule has 0 amide bonds. The lowest BCUT2D eigenvalue weighted by atomic mass is 9.86. The fourth-order valence-electron chi connectivity index (χ4n) is 2.36. The summed E-state index contributed by atoms with van der Waals surface area (Å²) < 4.78 is 0. The number of rotatable bonds is 0. The zero-order chi connectivity index (χ0) is 7.03. The quantitative estimate of drug-likeness (QED) is 0.507. The molecule has 1 aliphatic heterocycles. The van der Waals surface area contributed by atoms with Gasteiger partial charge in [0.2, 0.25) is 0 Å². The second kappa shape index (κ2) is 2.42. The van der Waals surface area contributed by atoms with Crippen LogP contribution in [0.3, 0.4) is 0 Å². The predicted molar refractivity (Wildman–Crippen MR) is 46.5 cm³/mol. The van der Waals surface area contributed by atoms with Gasteiger partial charge in [-0.2, -0.15) is 12.6 Å². The summed E-state index contributed by atoms with van der Waals surface area (Å²) in [5.41, 5.74) is 0.673. The zero-order valence-corrected chi connectivity index (χ0v) is 7.16. The van der Waals surface area contributed by atoms with E-state index in [1.807, 2.05) is 0 Å². The minimum atomic E-state index is 0.673. The largest absolute Gasteiger partial charge is 0.316 e. The van der Waals surface area contributed by atoms with E-state index in [1.54, 1.807) is 0 Å². The van der Waals surface area contributed by atoms with Gasteiger partial charge < -0.3 is 5.32 Å². The molecule has 2 rings (SSSR count). The molecule has 2 fully saturated rings. The molecule has 58 valence electrons. The smallest absolute Gasteiger partial charge is 0.00227 e. The molecule has 0 aromatic carbocycles. The Balaban J connectivity index is 2.03. The normalized spacial score (nSPS) is 47.1. The molecule has 0 bridgehead atoms. The van der Waals surface area contributed by atoms with E-state index in [-0.39, 0.29) is 0 Å². The molecule has 2 atom stereocenters. The molecule has 0 radical (unpaired) electrons. The van der Waals surface area contributed by atoms with Gasteiger partial charge in [-0.15, -0.1) is 0 Å². The van der Waals surface area contributed by atoms with Crippen molar-refractivity contribution < 1.29 is 0 Å². The van der Waals surface area contributed by atoms with Gasteiger partial charge in [0.25, 0.3) is 0 Å². The lowest BCUT2D eigenvalue weighted by Gasteiger charge is -2.20. The maximum atomic E-state index is 4.51. The molecule has 2 aliphatic rings. The van der Waals surface area contributed by atoms with Gasteiger partial charge in [0.05, 0.1) is 0 Å². The van der Waals surface area contributed by atoms with Crippen LogP contribution in [-0.4, -0.2) is 18.3 Å². The Kier molecular flexibility index (Phi) is 1.69. The molecule has 1 aliphatic carbocycles. The van der Waals surface area contributed by atoms with Gasteiger partial charge in [-0.3, -0.25) is 0 Å². The lowest BCUT2D eigenvalue weighted by Crippen LogP contribution is -2.20. The summed E-state index contributed by atoms with van der Waals surface area (Å²) in [6.45, 7) is 2.49. The molecule has 1 heterocycles. The van der Waals surface area contributed by atoms with Gasteiger partial charge in [0, 0.05) is 11.8 Å². The Hall–Kier alpha value is 0.310. The van der Waals surface area contributed by atoms with Crippen LogP contribution in [0.5, 0.6) is 0 Å². The van der Waals surface area contributed by atoms with Crippen LogP contribution in [0.4, 0.5) is 0 Å². The second-order valence-corrected chi connectivity index (χ2v) is 4.55. The van der Waals surface area contributed by atoms with Gasteiger partial charge in [0.1, 0.15) is 0 Å². The van der Waals surface area contributed by atoms with Crippen LogP contribution in [0.25, 0.3) is 0 Å². The zero-order valence-electron chi connectivity index (χ0n) is 6.27. The number of hydrogen-bond acceptors (Lipinski definition) is 2. The van der Waals surface area contributed by atoms with Gasteiger partial charge in [-0.05, 0) is 37.6 Å². The van der Waals surface area contributed by atoms with E-state index in [1.165, 1.54) is 38.8 Å². The van der Waals surface area contributed by atoms with Crippen molar-refractivity contribution in [1.29, 1.82) is 0 Å². The summed E-state index contributed by atoms with van der Waals surface area (Å²) in [5, 5.41) is 4.14. The highest BCUT2D eigenvalue weighted by molar-refractivity contribution is 7.80. The third-order valence-electron chi connectivity index (χ3n) is 3.01. The highest BCUT2D eigenvalue weighted by atomic mass is 32.1. The van der Waals surface area contributed by atoms with Crippen molar-refractivity contribution in [3.8, 4) is 0 Å². The van der Waals surface area contributed by atoms with Crippen LogP contribution < -0.4 is 5.32 Å². The first-order valence-electron chi connectivity index (χ1n) is 4.20. The first-order valence-corrected chi connectivity index (χ1v) is 4.71. The van der Waals surface area contributed by atoms with Crippen LogP contribution in [0.2, 0.25) is 0 Å². The van der Waals surface area contributed by atoms with E-state index in [0.717, 1.165) is 0 Å². The summed E-state index contributed by atoms with van der Waals surface area (Å²) in [7, 11) is 0. The summed E-state index contributed by atoms with van der Waals surface area (Å²) in [4.78, 5) is 0. The van der Waals surface area contributed by atoms with Crippen LogP contribution in [0.1, 0.15) is 25.7 Å². The first kappa shape index (κ1) is 6.99. The SMILES string of the molecule is SC1CCC2(CCNC2)C1. The van der Waals surface area contributed by atoms with E-state index in [4.69, 9.17) is 0 Å². The van der Waals surface area contributed by atoms with Crippen LogP contribution in [0, 0.1) is 5.41 Å². The molecule has 0 aromatic heterocycles. The van der Waals surface area contributed by atoms with Gasteiger partial charge in [0.15, 0.2) is 0 Å². The Morgan fingerprint density at radius 3 is 2.80 bits per heavy atom. The molecule has 1 saturated heterocycles. The maximum absolute atomic E-state index is 4.51. The van der Waals surface area contributed by atoms with Crippen molar-refractivity contribution in [1.82, 2.24) is 5.32 Å². The van der Waals surface area contributed by atoms with E-state index in [0.29, 0.717) is 10.7 Å². The van der Waals surface area contributed by atoms with Crippen molar-refractivity contribution in [3.05, 3.63) is 0 Å². The van der Waals surface area contributed by atoms with Gasteiger partial charge >= 0.3 is 0 Å². The topological polar surface area (TPSA) is 12.0 Å². The first-order chi connectivity index (χ1) is 4.81. The lowest BCUT2D eigenvalue weighted by molar-refractivity contribution is 0.337. The third-order valence-corrected chi connectivity index (χ3v) is 3.45. The van der Waals surface area contributed by atoms with Gasteiger partial charge in [-0.1, -0.05) is 0 Å². The maximum Gasteiger partial charge on any atom is 0.00227 e. The van der Waals surface area contributed by atoms with E-state index in [9.17, 15) is 0 Å². The predicted octanol–water partition coefficient (Wildman–Crippen LogP) is 1.45. The number of nitrogens with one attached hydrogen (secondary N) is 1. The number of hydrogen-bond donors (Lipinski definition) is 2.